The first-order valence-electron chi connectivity index (χ1n) is 6.67. The van der Waals surface area contributed by atoms with Gasteiger partial charge in [-0.3, -0.25) is 0 Å². The number of hydrogen-bond acceptors (Lipinski definition) is 3. The molecule has 0 unspecified atom stereocenters. The summed E-state index contributed by atoms with van der Waals surface area (Å²) in [6.45, 7) is 2.45. The Bertz CT molecular complexity index is 497. The summed E-state index contributed by atoms with van der Waals surface area (Å²) in [7, 11) is 1.62. The maximum Gasteiger partial charge on any atom is 0.317 e. The van der Waals surface area contributed by atoms with Gasteiger partial charge in [0.2, 0.25) is 0 Å². The molecule has 1 aromatic carbocycles. The standard InChI is InChI=1S/C14H18Cl2N2O3/c1-20-9-12-8-18(4-5-21-12)14(19)17-7-10-2-3-11(15)6-13(10)16/h2-3,6,12H,4-5,7-9H2,1H3,(H,17,19)/t12-/m0/s1. The fourth-order valence-electron chi connectivity index (χ4n) is 2.14. The molecule has 1 heterocycles. The van der Waals surface area contributed by atoms with Gasteiger partial charge in [-0.1, -0.05) is 29.3 Å². The Kier molecular flexibility index (Phi) is 6.11. The summed E-state index contributed by atoms with van der Waals surface area (Å²) in [5, 5.41) is 3.97. The Labute approximate surface area is 134 Å². The largest absolute Gasteiger partial charge is 0.382 e. The van der Waals surface area contributed by atoms with E-state index in [4.69, 9.17) is 32.7 Å². The van der Waals surface area contributed by atoms with Gasteiger partial charge in [-0.05, 0) is 17.7 Å². The van der Waals surface area contributed by atoms with Crippen LogP contribution in [0.1, 0.15) is 5.56 Å². The molecule has 1 aliphatic rings. The van der Waals surface area contributed by atoms with Crippen molar-refractivity contribution in [2.75, 3.05) is 33.4 Å². The highest BCUT2D eigenvalue weighted by Crippen LogP contribution is 2.20. The van der Waals surface area contributed by atoms with Gasteiger partial charge >= 0.3 is 6.03 Å². The molecule has 1 saturated heterocycles. The van der Waals surface area contributed by atoms with Gasteiger partial charge in [-0.2, -0.15) is 0 Å². The minimum Gasteiger partial charge on any atom is -0.382 e. The smallest absolute Gasteiger partial charge is 0.317 e. The van der Waals surface area contributed by atoms with Crippen molar-refractivity contribution in [3.05, 3.63) is 33.8 Å². The first-order valence-corrected chi connectivity index (χ1v) is 7.43. The van der Waals surface area contributed by atoms with Crippen LogP contribution in [0.3, 0.4) is 0 Å². The molecule has 21 heavy (non-hydrogen) atoms. The first-order chi connectivity index (χ1) is 10.1. The number of halogens is 2. The van der Waals surface area contributed by atoms with Gasteiger partial charge in [-0.15, -0.1) is 0 Å². The summed E-state index contributed by atoms with van der Waals surface area (Å²) in [6, 6.07) is 5.08. The zero-order valence-corrected chi connectivity index (χ0v) is 13.3. The second-order valence-corrected chi connectivity index (χ2v) is 5.63. The average Bonchev–Trinajstić information content (AvgIpc) is 2.47. The molecule has 1 N–H and O–H groups in total. The molecule has 0 aliphatic carbocycles. The van der Waals surface area contributed by atoms with Crippen molar-refractivity contribution >= 4 is 29.2 Å². The van der Waals surface area contributed by atoms with Crippen LogP contribution in [0.5, 0.6) is 0 Å². The summed E-state index contributed by atoms with van der Waals surface area (Å²) < 4.78 is 10.6. The van der Waals surface area contributed by atoms with Gasteiger partial charge in [0, 0.05) is 30.2 Å². The van der Waals surface area contributed by atoms with E-state index in [1.165, 1.54) is 0 Å². The fraction of sp³-hybridized carbons (Fsp3) is 0.500. The third kappa shape index (κ3) is 4.74. The molecule has 1 aliphatic heterocycles. The molecule has 0 saturated carbocycles. The maximum absolute atomic E-state index is 12.1. The molecule has 7 heteroatoms. The summed E-state index contributed by atoms with van der Waals surface area (Å²) in [4.78, 5) is 13.9. The lowest BCUT2D eigenvalue weighted by atomic mass is 10.2. The first kappa shape index (κ1) is 16.4. The summed E-state index contributed by atoms with van der Waals surface area (Å²) in [5.74, 6) is 0. The molecular weight excluding hydrogens is 315 g/mol. The van der Waals surface area contributed by atoms with E-state index in [0.29, 0.717) is 42.9 Å². The molecule has 0 spiro atoms. The summed E-state index contributed by atoms with van der Waals surface area (Å²) in [6.07, 6.45) is -0.0754. The van der Waals surface area contributed by atoms with Gasteiger partial charge in [0.25, 0.3) is 0 Å². The van der Waals surface area contributed by atoms with Crippen LogP contribution < -0.4 is 5.32 Å². The van der Waals surface area contributed by atoms with Crippen molar-refractivity contribution in [2.45, 2.75) is 12.6 Å². The molecular formula is C14H18Cl2N2O3. The summed E-state index contributed by atoms with van der Waals surface area (Å²) in [5.41, 5.74) is 0.830. The van der Waals surface area contributed by atoms with E-state index in [9.17, 15) is 4.79 Å². The van der Waals surface area contributed by atoms with E-state index < -0.39 is 0 Å². The van der Waals surface area contributed by atoms with Crippen LogP contribution >= 0.6 is 23.2 Å². The quantitative estimate of drug-likeness (QED) is 0.921. The van der Waals surface area contributed by atoms with E-state index >= 15 is 0 Å². The highest BCUT2D eigenvalue weighted by atomic mass is 35.5. The number of nitrogens with one attached hydrogen (secondary N) is 1. The molecule has 0 bridgehead atoms. The van der Waals surface area contributed by atoms with Crippen LogP contribution in [0.2, 0.25) is 10.0 Å². The van der Waals surface area contributed by atoms with Crippen molar-refractivity contribution in [3.63, 3.8) is 0 Å². The Morgan fingerprint density at radius 3 is 3.05 bits per heavy atom. The average molecular weight is 333 g/mol. The van der Waals surface area contributed by atoms with E-state index in [-0.39, 0.29) is 12.1 Å². The molecule has 2 amide bonds. The van der Waals surface area contributed by atoms with Crippen LogP contribution in [-0.2, 0) is 16.0 Å². The van der Waals surface area contributed by atoms with Crippen molar-refractivity contribution in [2.24, 2.45) is 0 Å². The minimum atomic E-state index is -0.134. The van der Waals surface area contributed by atoms with Crippen LogP contribution in [0, 0.1) is 0 Å². The normalized spacial score (nSPS) is 18.6. The lowest BCUT2D eigenvalue weighted by molar-refractivity contribution is -0.0494. The predicted octanol–water partition coefficient (Wildman–Crippen LogP) is 2.55. The molecule has 1 aromatic rings. The molecule has 5 nitrogen and oxygen atoms in total. The lowest BCUT2D eigenvalue weighted by Gasteiger charge is -2.32. The number of benzene rings is 1. The zero-order chi connectivity index (χ0) is 15.2. The van der Waals surface area contributed by atoms with E-state index in [1.807, 2.05) is 0 Å². The molecule has 2 rings (SSSR count). The van der Waals surface area contributed by atoms with Crippen molar-refractivity contribution in [3.8, 4) is 0 Å². The highest BCUT2D eigenvalue weighted by Gasteiger charge is 2.23. The van der Waals surface area contributed by atoms with E-state index in [0.717, 1.165) is 5.56 Å². The van der Waals surface area contributed by atoms with Crippen molar-refractivity contribution in [1.29, 1.82) is 0 Å². The Balaban J connectivity index is 1.86. The minimum absolute atomic E-state index is 0.0754. The molecule has 0 aromatic heterocycles. The van der Waals surface area contributed by atoms with Gasteiger partial charge in [0.15, 0.2) is 0 Å². The van der Waals surface area contributed by atoms with Crippen molar-refractivity contribution in [1.82, 2.24) is 10.2 Å². The van der Waals surface area contributed by atoms with Gasteiger partial charge in [0.1, 0.15) is 0 Å². The van der Waals surface area contributed by atoms with Gasteiger partial charge < -0.3 is 19.7 Å². The topological polar surface area (TPSA) is 50.8 Å². The second kappa shape index (κ2) is 7.84. The number of morpholine rings is 1. The Morgan fingerprint density at radius 2 is 2.33 bits per heavy atom. The van der Waals surface area contributed by atoms with Gasteiger partial charge in [-0.25, -0.2) is 4.79 Å². The SMILES string of the molecule is COC[C@@H]1CN(C(=O)NCc2ccc(Cl)cc2Cl)CCO1. The number of urea groups is 1. The highest BCUT2D eigenvalue weighted by molar-refractivity contribution is 6.35. The monoisotopic (exact) mass is 332 g/mol. The molecule has 116 valence electrons. The molecule has 0 radical (unpaired) electrons. The third-order valence-corrected chi connectivity index (χ3v) is 3.81. The number of methoxy groups -OCH3 is 1. The van der Waals surface area contributed by atoms with Crippen LogP contribution in [-0.4, -0.2) is 50.4 Å². The lowest BCUT2D eigenvalue weighted by Crippen LogP contribution is -2.50. The Morgan fingerprint density at radius 1 is 1.52 bits per heavy atom. The van der Waals surface area contributed by atoms with E-state index in [2.05, 4.69) is 5.32 Å². The number of ether oxygens (including phenoxy) is 2. The van der Waals surface area contributed by atoms with E-state index in [1.54, 1.807) is 30.2 Å². The zero-order valence-electron chi connectivity index (χ0n) is 11.8. The number of nitrogens with zero attached hydrogens (tertiary/aromatic N) is 1. The van der Waals surface area contributed by atoms with Crippen molar-refractivity contribution < 1.29 is 14.3 Å². The molecule has 1 atom stereocenters. The van der Waals surface area contributed by atoms with Crippen LogP contribution in [0.25, 0.3) is 0 Å². The maximum atomic E-state index is 12.1. The fourth-order valence-corrected chi connectivity index (χ4v) is 2.61. The number of amides is 2. The van der Waals surface area contributed by atoms with Crippen LogP contribution in [0.15, 0.2) is 18.2 Å². The predicted molar refractivity (Wildman–Crippen MR) is 81.9 cm³/mol. The Hall–Kier alpha value is -1.01. The summed E-state index contributed by atoms with van der Waals surface area (Å²) >= 11 is 11.9. The third-order valence-electron chi connectivity index (χ3n) is 3.22. The second-order valence-electron chi connectivity index (χ2n) is 4.79. The van der Waals surface area contributed by atoms with Gasteiger partial charge in [0.05, 0.1) is 25.9 Å². The number of hydrogen-bond donors (Lipinski definition) is 1. The van der Waals surface area contributed by atoms with Crippen LogP contribution in [0.4, 0.5) is 4.79 Å². The number of carbonyl (C=O) groups is 1. The number of carbonyl (C=O) groups excluding carboxylic acids is 1. The molecule has 1 fully saturated rings. The number of rotatable bonds is 4.